The van der Waals surface area contributed by atoms with Gasteiger partial charge in [0.1, 0.15) is 17.5 Å². The first-order valence-corrected chi connectivity index (χ1v) is 7.24. The molecule has 0 bridgehead atoms. The van der Waals surface area contributed by atoms with Gasteiger partial charge in [-0.15, -0.1) is 11.8 Å². The van der Waals surface area contributed by atoms with Crippen molar-refractivity contribution in [1.29, 1.82) is 5.26 Å². The Morgan fingerprint density at radius 2 is 1.71 bits per heavy atom. The highest BCUT2D eigenvalue weighted by Gasteiger charge is 2.15. The van der Waals surface area contributed by atoms with Gasteiger partial charge in [-0.2, -0.15) is 10.2 Å². The number of hydrogen-bond donors (Lipinski definition) is 2. The number of anilines is 2. The zero-order valence-corrected chi connectivity index (χ0v) is 13.0. The molecule has 21 heavy (non-hydrogen) atoms. The third-order valence-corrected chi connectivity index (χ3v) is 3.74. The van der Waals surface area contributed by atoms with Gasteiger partial charge in [0.05, 0.1) is 5.69 Å². The molecule has 0 amide bonds. The molecule has 0 aliphatic rings. The van der Waals surface area contributed by atoms with Gasteiger partial charge in [0.2, 0.25) is 5.95 Å². The lowest BCUT2D eigenvalue weighted by Crippen LogP contribution is -2.06. The van der Waals surface area contributed by atoms with E-state index in [0.29, 0.717) is 5.69 Å². The molecular weight excluding hydrogens is 282 g/mol. The lowest BCUT2D eigenvalue weighted by atomic mass is 10.1. The van der Waals surface area contributed by atoms with Crippen molar-refractivity contribution in [3.8, 4) is 17.3 Å². The number of benzene rings is 1. The van der Waals surface area contributed by atoms with Crippen molar-refractivity contribution in [2.45, 2.75) is 30.4 Å². The number of nitriles is 1. The second kappa shape index (κ2) is 5.62. The zero-order chi connectivity index (χ0) is 15.6. The van der Waals surface area contributed by atoms with Gasteiger partial charge in [0.15, 0.2) is 0 Å². The van der Waals surface area contributed by atoms with Crippen LogP contribution in [-0.4, -0.2) is 14.7 Å². The molecule has 0 saturated heterocycles. The molecule has 5 nitrogen and oxygen atoms in total. The van der Waals surface area contributed by atoms with Gasteiger partial charge in [-0.25, -0.2) is 4.98 Å². The van der Waals surface area contributed by atoms with E-state index in [-0.39, 0.29) is 22.1 Å². The van der Waals surface area contributed by atoms with Crippen LogP contribution in [0.25, 0.3) is 11.3 Å². The van der Waals surface area contributed by atoms with Crippen LogP contribution in [0.1, 0.15) is 26.3 Å². The fourth-order valence-electron chi connectivity index (χ4n) is 1.85. The number of thioether (sulfide) groups is 1. The van der Waals surface area contributed by atoms with Gasteiger partial charge in [0.25, 0.3) is 0 Å². The molecule has 0 unspecified atom stereocenters. The van der Waals surface area contributed by atoms with Crippen molar-refractivity contribution in [1.82, 2.24) is 9.97 Å². The second-order valence-corrected chi connectivity index (χ2v) is 7.44. The Morgan fingerprint density at radius 3 is 2.24 bits per heavy atom. The maximum Gasteiger partial charge on any atom is 0.222 e. The van der Waals surface area contributed by atoms with Gasteiger partial charge in [-0.3, -0.25) is 0 Å². The summed E-state index contributed by atoms with van der Waals surface area (Å²) in [5.74, 6) is 0.169. The molecule has 1 heterocycles. The predicted octanol–water partition coefficient (Wildman–Crippen LogP) is 3.07. The summed E-state index contributed by atoms with van der Waals surface area (Å²) in [6.45, 7) is 6.47. The molecule has 1 aromatic carbocycles. The smallest absolute Gasteiger partial charge is 0.222 e. The summed E-state index contributed by atoms with van der Waals surface area (Å²) in [5, 5.41) is 9.20. The van der Waals surface area contributed by atoms with Gasteiger partial charge in [0, 0.05) is 15.2 Å². The van der Waals surface area contributed by atoms with Gasteiger partial charge >= 0.3 is 0 Å². The first-order chi connectivity index (χ1) is 9.80. The van der Waals surface area contributed by atoms with Crippen molar-refractivity contribution in [3.63, 3.8) is 0 Å². The Hall–Kier alpha value is -2.26. The minimum atomic E-state index is 0.0645. The molecule has 0 fully saturated rings. The largest absolute Gasteiger partial charge is 0.382 e. The standard InChI is InChI=1S/C15H17N5S/c1-15(2,3)21-10-6-4-9(5-7-10)12-11(8-16)13(17)20-14(18)19-12/h4-7H,1-3H3,(H4,17,18,19,20). The maximum absolute atomic E-state index is 9.20. The van der Waals surface area contributed by atoms with E-state index in [9.17, 15) is 5.26 Å². The zero-order valence-electron chi connectivity index (χ0n) is 12.2. The minimum absolute atomic E-state index is 0.0645. The van der Waals surface area contributed by atoms with Crippen LogP contribution in [0.2, 0.25) is 0 Å². The van der Waals surface area contributed by atoms with E-state index in [1.165, 1.54) is 0 Å². The highest BCUT2D eigenvalue weighted by molar-refractivity contribution is 8.00. The normalized spacial score (nSPS) is 11.1. The molecular formula is C15H17N5S. The fraction of sp³-hybridized carbons (Fsp3) is 0.267. The summed E-state index contributed by atoms with van der Waals surface area (Å²) in [6, 6.07) is 9.86. The highest BCUT2D eigenvalue weighted by Crippen LogP contribution is 2.33. The Labute approximate surface area is 128 Å². The highest BCUT2D eigenvalue weighted by atomic mass is 32.2. The number of rotatable bonds is 2. The summed E-state index contributed by atoms with van der Waals surface area (Å²) in [6.07, 6.45) is 0. The number of hydrogen-bond acceptors (Lipinski definition) is 6. The van der Waals surface area contributed by atoms with E-state index < -0.39 is 0 Å². The molecule has 1 aromatic heterocycles. The fourth-order valence-corrected chi connectivity index (χ4v) is 2.83. The Balaban J connectivity index is 2.42. The van der Waals surface area contributed by atoms with Crippen molar-refractivity contribution in [2.75, 3.05) is 11.5 Å². The second-order valence-electron chi connectivity index (χ2n) is 5.54. The lowest BCUT2D eigenvalue weighted by Gasteiger charge is -2.17. The van der Waals surface area contributed by atoms with Crippen LogP contribution < -0.4 is 11.5 Å². The third kappa shape index (κ3) is 3.64. The molecule has 108 valence electrons. The van der Waals surface area contributed by atoms with Crippen LogP contribution in [0.4, 0.5) is 11.8 Å². The van der Waals surface area contributed by atoms with E-state index in [0.717, 1.165) is 10.5 Å². The van der Waals surface area contributed by atoms with Gasteiger partial charge < -0.3 is 11.5 Å². The van der Waals surface area contributed by atoms with Gasteiger partial charge in [-0.05, 0) is 12.1 Å². The SMILES string of the molecule is CC(C)(C)Sc1ccc(-c2nc(N)nc(N)c2C#N)cc1. The number of nitrogen functional groups attached to an aromatic ring is 2. The number of nitrogens with zero attached hydrogens (tertiary/aromatic N) is 3. The molecule has 0 aliphatic carbocycles. The quantitative estimate of drug-likeness (QED) is 0.826. The van der Waals surface area contributed by atoms with Crippen LogP contribution in [0.5, 0.6) is 0 Å². The van der Waals surface area contributed by atoms with Gasteiger partial charge in [-0.1, -0.05) is 32.9 Å². The monoisotopic (exact) mass is 299 g/mol. The summed E-state index contributed by atoms with van der Waals surface area (Å²) < 4.78 is 0.142. The van der Waals surface area contributed by atoms with E-state index >= 15 is 0 Å². The van der Waals surface area contributed by atoms with Crippen molar-refractivity contribution in [2.24, 2.45) is 0 Å². The Morgan fingerprint density at radius 1 is 1.10 bits per heavy atom. The molecule has 0 aliphatic heterocycles. The molecule has 0 spiro atoms. The number of aromatic nitrogens is 2. The van der Waals surface area contributed by atoms with E-state index in [1.807, 2.05) is 30.3 Å². The molecule has 0 saturated carbocycles. The number of nitrogens with two attached hydrogens (primary N) is 2. The van der Waals surface area contributed by atoms with Crippen LogP contribution in [0.15, 0.2) is 29.2 Å². The first-order valence-electron chi connectivity index (χ1n) is 6.42. The van der Waals surface area contributed by atoms with E-state index in [2.05, 4.69) is 30.7 Å². The Kier molecular flexibility index (Phi) is 4.05. The van der Waals surface area contributed by atoms with Crippen LogP contribution in [0, 0.1) is 11.3 Å². The average Bonchev–Trinajstić information content (AvgIpc) is 2.37. The maximum atomic E-state index is 9.20. The predicted molar refractivity (Wildman–Crippen MR) is 86.6 cm³/mol. The summed E-state index contributed by atoms with van der Waals surface area (Å²) >= 11 is 1.77. The lowest BCUT2D eigenvalue weighted by molar-refractivity contribution is 0.803. The average molecular weight is 299 g/mol. The Bertz CT molecular complexity index is 696. The molecule has 2 rings (SSSR count). The molecule has 6 heteroatoms. The minimum Gasteiger partial charge on any atom is -0.382 e. The third-order valence-electron chi connectivity index (χ3n) is 2.62. The van der Waals surface area contributed by atoms with E-state index in [1.54, 1.807) is 11.8 Å². The molecule has 0 radical (unpaired) electrons. The van der Waals surface area contributed by atoms with Crippen LogP contribution >= 0.6 is 11.8 Å². The molecule has 0 atom stereocenters. The summed E-state index contributed by atoms with van der Waals surface area (Å²) in [7, 11) is 0. The van der Waals surface area contributed by atoms with E-state index in [4.69, 9.17) is 11.5 Å². The summed E-state index contributed by atoms with van der Waals surface area (Å²) in [5.41, 5.74) is 12.9. The van der Waals surface area contributed by atoms with Crippen LogP contribution in [0.3, 0.4) is 0 Å². The first kappa shape index (κ1) is 15.1. The molecule has 2 aromatic rings. The van der Waals surface area contributed by atoms with Crippen LogP contribution in [-0.2, 0) is 0 Å². The van der Waals surface area contributed by atoms with Crippen molar-refractivity contribution in [3.05, 3.63) is 29.8 Å². The summed E-state index contributed by atoms with van der Waals surface area (Å²) in [4.78, 5) is 9.10. The topological polar surface area (TPSA) is 102 Å². The van der Waals surface area contributed by atoms with Crippen molar-refractivity contribution < 1.29 is 0 Å². The molecule has 4 N–H and O–H groups in total. The van der Waals surface area contributed by atoms with Crippen molar-refractivity contribution >= 4 is 23.5 Å².